The normalized spacial score (nSPS) is 18.2. The van der Waals surface area contributed by atoms with Crippen molar-refractivity contribution < 1.29 is 13.6 Å². The Labute approximate surface area is 124 Å². The van der Waals surface area contributed by atoms with Gasteiger partial charge in [-0.15, -0.1) is 0 Å². The fraction of sp³-hybridized carbons (Fsp3) is 0.562. The van der Waals surface area contributed by atoms with Gasteiger partial charge in [0.2, 0.25) is 0 Å². The summed E-state index contributed by atoms with van der Waals surface area (Å²) in [6, 6.07) is 3.62. The van der Waals surface area contributed by atoms with Crippen molar-refractivity contribution in [1.82, 2.24) is 10.2 Å². The molecule has 1 saturated heterocycles. The summed E-state index contributed by atoms with van der Waals surface area (Å²) in [5, 5.41) is 3.36. The van der Waals surface area contributed by atoms with Crippen LogP contribution in [0, 0.1) is 17.6 Å². The third-order valence-electron chi connectivity index (χ3n) is 3.64. The molecule has 1 aromatic carbocycles. The fourth-order valence-corrected chi connectivity index (χ4v) is 2.67. The highest BCUT2D eigenvalue weighted by Gasteiger charge is 2.23. The smallest absolute Gasteiger partial charge is 0.254 e. The molecular weight excluding hydrogens is 274 g/mol. The van der Waals surface area contributed by atoms with Crippen LogP contribution in [0.5, 0.6) is 0 Å². The zero-order valence-corrected chi connectivity index (χ0v) is 12.5. The lowest BCUT2D eigenvalue weighted by atomic mass is 10.1. The summed E-state index contributed by atoms with van der Waals surface area (Å²) >= 11 is 0. The predicted molar refractivity (Wildman–Crippen MR) is 78.1 cm³/mol. The third-order valence-corrected chi connectivity index (χ3v) is 3.64. The van der Waals surface area contributed by atoms with Gasteiger partial charge in [0, 0.05) is 24.7 Å². The number of nitrogens with one attached hydrogen (secondary N) is 1. The number of amides is 1. The van der Waals surface area contributed by atoms with Gasteiger partial charge in [-0.3, -0.25) is 4.79 Å². The number of benzene rings is 1. The molecule has 5 heteroatoms. The Bertz CT molecular complexity index is 499. The van der Waals surface area contributed by atoms with Gasteiger partial charge in [0.1, 0.15) is 0 Å². The standard InChI is InChI=1S/C16H22F2N2O/c1-11(2)9-20(10-13-4-3-7-19-13)16(21)12-5-6-14(17)15(18)8-12/h5-6,8,11,13,19H,3-4,7,9-10H2,1-2H3. The van der Waals surface area contributed by atoms with Crippen molar-refractivity contribution in [3.63, 3.8) is 0 Å². The summed E-state index contributed by atoms with van der Waals surface area (Å²) in [6.45, 7) is 6.26. The summed E-state index contributed by atoms with van der Waals surface area (Å²) in [4.78, 5) is 14.3. The van der Waals surface area contributed by atoms with Gasteiger partial charge in [-0.25, -0.2) is 8.78 Å². The van der Waals surface area contributed by atoms with Gasteiger partial charge < -0.3 is 10.2 Å². The molecule has 1 aliphatic heterocycles. The molecular formula is C16H22F2N2O. The first kappa shape index (κ1) is 15.9. The lowest BCUT2D eigenvalue weighted by Crippen LogP contribution is -2.42. The lowest BCUT2D eigenvalue weighted by molar-refractivity contribution is 0.0720. The van der Waals surface area contributed by atoms with Crippen molar-refractivity contribution in [3.8, 4) is 0 Å². The van der Waals surface area contributed by atoms with E-state index in [1.807, 2.05) is 13.8 Å². The summed E-state index contributed by atoms with van der Waals surface area (Å²) in [5.41, 5.74) is 0.201. The van der Waals surface area contributed by atoms with Crippen LogP contribution in [0.25, 0.3) is 0 Å². The Morgan fingerprint density at radius 3 is 2.71 bits per heavy atom. The van der Waals surface area contributed by atoms with Gasteiger partial charge in [0.05, 0.1) is 0 Å². The maximum atomic E-state index is 13.3. The highest BCUT2D eigenvalue weighted by atomic mass is 19.2. The van der Waals surface area contributed by atoms with Crippen LogP contribution in [-0.4, -0.2) is 36.5 Å². The first-order chi connectivity index (χ1) is 9.97. The van der Waals surface area contributed by atoms with Crippen LogP contribution in [0.2, 0.25) is 0 Å². The Kier molecular flexibility index (Phi) is 5.28. The summed E-state index contributed by atoms with van der Waals surface area (Å²) in [6.07, 6.45) is 2.15. The van der Waals surface area contributed by atoms with E-state index in [-0.39, 0.29) is 17.5 Å². The van der Waals surface area contributed by atoms with Crippen molar-refractivity contribution in [2.45, 2.75) is 32.7 Å². The number of rotatable bonds is 5. The van der Waals surface area contributed by atoms with Crippen LogP contribution >= 0.6 is 0 Å². The van der Waals surface area contributed by atoms with E-state index in [0.29, 0.717) is 19.0 Å². The van der Waals surface area contributed by atoms with Gasteiger partial charge in [-0.1, -0.05) is 13.8 Å². The van der Waals surface area contributed by atoms with E-state index in [1.165, 1.54) is 6.07 Å². The van der Waals surface area contributed by atoms with Gasteiger partial charge in [0.15, 0.2) is 11.6 Å². The molecule has 0 spiro atoms. The van der Waals surface area contributed by atoms with Gasteiger partial charge in [0.25, 0.3) is 5.91 Å². The summed E-state index contributed by atoms with van der Waals surface area (Å²) < 4.78 is 26.3. The molecule has 116 valence electrons. The average molecular weight is 296 g/mol. The van der Waals surface area contributed by atoms with Crippen molar-refractivity contribution in [1.29, 1.82) is 0 Å². The number of carbonyl (C=O) groups is 1. The molecule has 1 heterocycles. The number of hydrogen-bond donors (Lipinski definition) is 1. The highest BCUT2D eigenvalue weighted by molar-refractivity contribution is 5.94. The van der Waals surface area contributed by atoms with Crippen LogP contribution < -0.4 is 5.32 Å². The molecule has 21 heavy (non-hydrogen) atoms. The molecule has 1 unspecified atom stereocenters. The van der Waals surface area contributed by atoms with Gasteiger partial charge in [-0.05, 0) is 43.5 Å². The molecule has 1 fully saturated rings. The number of hydrogen-bond acceptors (Lipinski definition) is 2. The van der Waals surface area contributed by atoms with Crippen LogP contribution in [0.4, 0.5) is 8.78 Å². The number of carbonyl (C=O) groups excluding carboxylic acids is 1. The zero-order chi connectivity index (χ0) is 15.4. The fourth-order valence-electron chi connectivity index (χ4n) is 2.67. The lowest BCUT2D eigenvalue weighted by Gasteiger charge is -2.27. The maximum Gasteiger partial charge on any atom is 0.254 e. The highest BCUT2D eigenvalue weighted by Crippen LogP contribution is 2.15. The van der Waals surface area contributed by atoms with Crippen molar-refractivity contribution in [3.05, 3.63) is 35.4 Å². The SMILES string of the molecule is CC(C)CN(CC1CCCN1)C(=O)c1ccc(F)c(F)c1. The second-order valence-corrected chi connectivity index (χ2v) is 6.03. The van der Waals surface area contributed by atoms with Gasteiger partial charge >= 0.3 is 0 Å². The molecule has 1 amide bonds. The monoisotopic (exact) mass is 296 g/mol. The molecule has 2 rings (SSSR count). The van der Waals surface area contributed by atoms with E-state index in [9.17, 15) is 13.6 Å². The average Bonchev–Trinajstić information content (AvgIpc) is 2.93. The zero-order valence-electron chi connectivity index (χ0n) is 12.5. The topological polar surface area (TPSA) is 32.3 Å². The van der Waals surface area contributed by atoms with Crippen LogP contribution in [0.1, 0.15) is 37.0 Å². The van der Waals surface area contributed by atoms with Crippen LogP contribution in [0.15, 0.2) is 18.2 Å². The molecule has 1 aliphatic rings. The van der Waals surface area contributed by atoms with Crippen LogP contribution in [0.3, 0.4) is 0 Å². The molecule has 0 bridgehead atoms. The van der Waals surface area contributed by atoms with E-state index < -0.39 is 11.6 Å². The van der Waals surface area contributed by atoms with E-state index in [2.05, 4.69) is 5.32 Å². The molecule has 1 N–H and O–H groups in total. The van der Waals surface area contributed by atoms with E-state index >= 15 is 0 Å². The second kappa shape index (κ2) is 6.98. The largest absolute Gasteiger partial charge is 0.337 e. The summed E-state index contributed by atoms with van der Waals surface area (Å²) in [7, 11) is 0. The molecule has 0 saturated carbocycles. The Morgan fingerprint density at radius 1 is 1.38 bits per heavy atom. The van der Waals surface area contributed by atoms with E-state index in [0.717, 1.165) is 31.5 Å². The predicted octanol–water partition coefficient (Wildman–Crippen LogP) is 2.82. The molecule has 0 aliphatic carbocycles. The first-order valence-electron chi connectivity index (χ1n) is 7.45. The quantitative estimate of drug-likeness (QED) is 0.906. The Morgan fingerprint density at radius 2 is 2.14 bits per heavy atom. The molecule has 1 aromatic rings. The maximum absolute atomic E-state index is 13.3. The van der Waals surface area contributed by atoms with Crippen molar-refractivity contribution in [2.24, 2.45) is 5.92 Å². The minimum absolute atomic E-state index is 0.201. The Balaban J connectivity index is 2.13. The van der Waals surface area contributed by atoms with E-state index in [4.69, 9.17) is 0 Å². The second-order valence-electron chi connectivity index (χ2n) is 6.03. The van der Waals surface area contributed by atoms with Crippen molar-refractivity contribution >= 4 is 5.91 Å². The van der Waals surface area contributed by atoms with Crippen molar-refractivity contribution in [2.75, 3.05) is 19.6 Å². The molecule has 3 nitrogen and oxygen atoms in total. The molecule has 1 atom stereocenters. The summed E-state index contributed by atoms with van der Waals surface area (Å²) in [5.74, 6) is -1.83. The molecule has 0 radical (unpaired) electrons. The Hall–Kier alpha value is -1.49. The third kappa shape index (κ3) is 4.24. The molecule has 0 aromatic heterocycles. The number of nitrogens with zero attached hydrogens (tertiary/aromatic N) is 1. The minimum Gasteiger partial charge on any atom is -0.337 e. The number of halogens is 2. The van der Waals surface area contributed by atoms with Gasteiger partial charge in [-0.2, -0.15) is 0 Å². The van der Waals surface area contributed by atoms with E-state index in [1.54, 1.807) is 4.90 Å². The minimum atomic E-state index is -0.982. The van der Waals surface area contributed by atoms with Crippen LogP contribution in [-0.2, 0) is 0 Å². The first-order valence-corrected chi connectivity index (χ1v) is 7.45.